The van der Waals surface area contributed by atoms with Gasteiger partial charge in [0.1, 0.15) is 23.2 Å². The second-order valence-corrected chi connectivity index (χ2v) is 16.0. The van der Waals surface area contributed by atoms with Crippen LogP contribution in [0.1, 0.15) is 88.9 Å². The van der Waals surface area contributed by atoms with Gasteiger partial charge in [0.05, 0.1) is 5.25 Å². The zero-order valence-electron chi connectivity index (χ0n) is 27.1. The minimum atomic E-state index is -3.88. The van der Waals surface area contributed by atoms with Crippen LogP contribution in [0.25, 0.3) is 0 Å². The predicted octanol–water partition coefficient (Wildman–Crippen LogP) is 2.28. The molecule has 13 nitrogen and oxygen atoms in total. The normalized spacial score (nSPS) is 28.4. The largest absolute Gasteiger partial charge is 0.444 e. The molecule has 5 atom stereocenters. The van der Waals surface area contributed by atoms with Crippen LogP contribution in [0.3, 0.4) is 0 Å². The van der Waals surface area contributed by atoms with Crippen LogP contribution >= 0.6 is 0 Å². The summed E-state index contributed by atoms with van der Waals surface area (Å²) < 4.78 is 33.0. The number of hydrogen-bond donors (Lipinski definition) is 4. The highest BCUT2D eigenvalue weighted by molar-refractivity contribution is 7.91. The number of sulfonamides is 1. The lowest BCUT2D eigenvalue weighted by Gasteiger charge is -2.30. The lowest BCUT2D eigenvalue weighted by molar-refractivity contribution is -0.141. The van der Waals surface area contributed by atoms with Crippen LogP contribution < -0.4 is 20.7 Å². The number of nitrogens with zero attached hydrogens (tertiary/aromatic N) is 1. The van der Waals surface area contributed by atoms with Crippen molar-refractivity contribution in [1.29, 1.82) is 0 Å². The van der Waals surface area contributed by atoms with Crippen molar-refractivity contribution in [2.75, 3.05) is 6.54 Å². The number of carbonyl (C=O) groups is 5. The van der Waals surface area contributed by atoms with Crippen LogP contribution in [0, 0.1) is 5.92 Å². The molecule has 1 saturated heterocycles. The summed E-state index contributed by atoms with van der Waals surface area (Å²) in [5.41, 5.74) is -1.88. The van der Waals surface area contributed by atoms with E-state index in [4.69, 9.17) is 4.74 Å². The Labute approximate surface area is 275 Å². The van der Waals surface area contributed by atoms with Gasteiger partial charge in [-0.1, -0.05) is 43.2 Å². The van der Waals surface area contributed by atoms with Crippen LogP contribution in [0.5, 0.6) is 0 Å². The SMILES string of the molecule is CC(C)(C)OC(=O)N[C@H]1CCCCCC=C[C@@H]2C[C@@]2(C(=O)NS(=O)(=O)C2CC2)NC(=O)[C@@H]2C[C@@H](NC(=O)c3ccccc3)CN2C1=O. The van der Waals surface area contributed by atoms with Crippen LogP contribution in [0.15, 0.2) is 42.5 Å². The predicted molar refractivity (Wildman–Crippen MR) is 172 cm³/mol. The summed E-state index contributed by atoms with van der Waals surface area (Å²) >= 11 is 0. The van der Waals surface area contributed by atoms with Gasteiger partial charge in [0.2, 0.25) is 21.8 Å². The Balaban J connectivity index is 1.42. The summed E-state index contributed by atoms with van der Waals surface area (Å²) in [4.78, 5) is 69.0. The van der Waals surface area contributed by atoms with E-state index in [1.54, 1.807) is 51.1 Å². The standard InChI is InChI=1S/C33H45N5O8S/c1-32(2,3)46-31(43)35-25-15-11-6-4-5-10-14-22-19-33(22,30(42)37-47(44,45)24-16-17-24)36-28(40)26-18-23(20-38(26)29(25)41)34-27(39)21-12-8-7-9-13-21/h7-10,12-14,22-26H,4-6,11,15-20H2,1-3H3,(H,34,39)(H,35,43)(H,36,40)(H,37,42)/t22-,23-,25+,26+,33-/m1/s1. The first-order valence-corrected chi connectivity index (χ1v) is 17.9. The summed E-state index contributed by atoms with van der Waals surface area (Å²) in [5.74, 6) is -2.75. The van der Waals surface area contributed by atoms with Crippen molar-refractivity contribution >= 4 is 39.7 Å². The van der Waals surface area contributed by atoms with Crippen molar-refractivity contribution in [2.45, 2.75) is 113 Å². The number of carbonyl (C=O) groups excluding carboxylic acids is 5. The zero-order valence-corrected chi connectivity index (χ0v) is 27.9. The van der Waals surface area contributed by atoms with E-state index >= 15 is 0 Å². The second-order valence-electron chi connectivity index (χ2n) is 14.0. The Hall–Kier alpha value is -3.94. The fourth-order valence-corrected chi connectivity index (χ4v) is 7.58. The summed E-state index contributed by atoms with van der Waals surface area (Å²) in [7, 11) is -3.88. The number of ether oxygens (including phenoxy) is 1. The molecule has 47 heavy (non-hydrogen) atoms. The minimum Gasteiger partial charge on any atom is -0.444 e. The van der Waals surface area contributed by atoms with E-state index in [-0.39, 0.29) is 25.3 Å². The number of rotatable bonds is 6. The van der Waals surface area contributed by atoms with Crippen molar-refractivity contribution < 1.29 is 37.1 Å². The molecule has 2 saturated carbocycles. The maximum Gasteiger partial charge on any atom is 0.408 e. The minimum absolute atomic E-state index is 0.0133. The summed E-state index contributed by atoms with van der Waals surface area (Å²) in [6.07, 6.45) is 7.38. The van der Waals surface area contributed by atoms with E-state index in [0.717, 1.165) is 12.8 Å². The van der Waals surface area contributed by atoms with E-state index in [1.807, 2.05) is 12.2 Å². The molecule has 2 aliphatic carbocycles. The number of amides is 5. The molecule has 0 spiro atoms. The third-order valence-corrected chi connectivity index (χ3v) is 10.8. The molecule has 2 heterocycles. The van der Waals surface area contributed by atoms with Gasteiger partial charge in [-0.3, -0.25) is 23.9 Å². The number of alkyl carbamates (subject to hydrolysis) is 1. The van der Waals surface area contributed by atoms with Gasteiger partial charge in [-0.2, -0.15) is 0 Å². The van der Waals surface area contributed by atoms with Gasteiger partial charge in [-0.05, 0) is 77.8 Å². The number of nitrogens with one attached hydrogen (secondary N) is 4. The first-order chi connectivity index (χ1) is 22.2. The van der Waals surface area contributed by atoms with Crippen LogP contribution in [0.4, 0.5) is 4.79 Å². The van der Waals surface area contributed by atoms with Crippen molar-refractivity contribution in [1.82, 2.24) is 25.6 Å². The molecule has 5 amide bonds. The smallest absolute Gasteiger partial charge is 0.408 e. The van der Waals surface area contributed by atoms with E-state index in [0.29, 0.717) is 37.7 Å². The van der Waals surface area contributed by atoms with Gasteiger partial charge >= 0.3 is 6.09 Å². The number of hydrogen-bond acceptors (Lipinski definition) is 8. The highest BCUT2D eigenvalue weighted by Crippen LogP contribution is 2.46. The molecule has 3 fully saturated rings. The lowest BCUT2D eigenvalue weighted by Crippen LogP contribution is -2.58. The van der Waals surface area contributed by atoms with E-state index in [9.17, 15) is 32.4 Å². The van der Waals surface area contributed by atoms with Crippen LogP contribution in [0.2, 0.25) is 0 Å². The molecule has 0 aromatic heterocycles. The molecule has 0 radical (unpaired) electrons. The van der Waals surface area contributed by atoms with Gasteiger partial charge in [0.15, 0.2) is 0 Å². The molecule has 1 aromatic carbocycles. The first kappa shape index (κ1) is 34.4. The lowest BCUT2D eigenvalue weighted by atomic mass is 10.0. The second kappa shape index (κ2) is 13.7. The molecule has 4 N–H and O–H groups in total. The molecule has 2 aliphatic heterocycles. The van der Waals surface area contributed by atoms with Gasteiger partial charge in [0.25, 0.3) is 11.8 Å². The Morgan fingerprint density at radius 2 is 1.72 bits per heavy atom. The van der Waals surface area contributed by atoms with Gasteiger partial charge < -0.3 is 25.6 Å². The third-order valence-electron chi connectivity index (χ3n) is 8.94. The van der Waals surface area contributed by atoms with Crippen molar-refractivity contribution in [3.63, 3.8) is 0 Å². The molecule has 0 unspecified atom stereocenters. The third kappa shape index (κ3) is 8.51. The fraction of sp³-hybridized carbons (Fsp3) is 0.606. The topological polar surface area (TPSA) is 180 Å². The number of allylic oxidation sites excluding steroid dienone is 1. The molecular weight excluding hydrogens is 626 g/mol. The Kier molecular flexibility index (Phi) is 9.99. The van der Waals surface area contributed by atoms with Crippen molar-refractivity contribution in [3.8, 4) is 0 Å². The molecule has 5 rings (SSSR count). The van der Waals surface area contributed by atoms with Gasteiger partial charge in [-0.15, -0.1) is 0 Å². The van der Waals surface area contributed by atoms with Crippen LogP contribution in [-0.2, 0) is 29.1 Å². The van der Waals surface area contributed by atoms with Gasteiger partial charge in [0, 0.05) is 24.1 Å². The summed E-state index contributed by atoms with van der Waals surface area (Å²) in [6, 6.07) is 5.83. The molecule has 14 heteroatoms. The Morgan fingerprint density at radius 1 is 1.00 bits per heavy atom. The molecule has 4 aliphatic rings. The van der Waals surface area contributed by atoms with Crippen LogP contribution in [-0.4, -0.2) is 84.1 Å². The van der Waals surface area contributed by atoms with Crippen molar-refractivity contribution in [3.05, 3.63) is 48.0 Å². The zero-order chi connectivity index (χ0) is 34.0. The average molecular weight is 672 g/mol. The van der Waals surface area contributed by atoms with Gasteiger partial charge in [-0.25, -0.2) is 13.2 Å². The van der Waals surface area contributed by atoms with Crippen molar-refractivity contribution in [2.24, 2.45) is 5.92 Å². The number of fused-ring (bicyclic) bond motifs is 2. The first-order valence-electron chi connectivity index (χ1n) is 16.4. The summed E-state index contributed by atoms with van der Waals surface area (Å²) in [6.45, 7) is 5.13. The molecule has 256 valence electrons. The molecular formula is C33H45N5O8S. The quantitative estimate of drug-likeness (QED) is 0.333. The Bertz CT molecular complexity index is 1520. The number of benzene rings is 1. The maximum atomic E-state index is 14.2. The van der Waals surface area contributed by atoms with E-state index in [1.165, 1.54) is 4.90 Å². The van der Waals surface area contributed by atoms with E-state index in [2.05, 4.69) is 20.7 Å². The molecule has 0 bridgehead atoms. The van der Waals surface area contributed by atoms with E-state index < -0.39 is 74.3 Å². The highest BCUT2D eigenvalue weighted by Gasteiger charge is 2.62. The highest BCUT2D eigenvalue weighted by atomic mass is 32.2. The maximum absolute atomic E-state index is 14.2. The summed E-state index contributed by atoms with van der Waals surface area (Å²) in [5, 5.41) is 7.80. The monoisotopic (exact) mass is 671 g/mol. The average Bonchev–Trinajstić information content (AvgIpc) is 3.92. The Morgan fingerprint density at radius 3 is 2.40 bits per heavy atom. The molecule has 1 aromatic rings. The fourth-order valence-electron chi connectivity index (χ4n) is 6.21.